The number of carboxylic acid groups (broad SMARTS) is 1. The molecule has 0 aliphatic carbocycles. The van der Waals surface area contributed by atoms with Crippen molar-refractivity contribution < 1.29 is 19.4 Å². The zero-order chi connectivity index (χ0) is 14.0. The van der Waals surface area contributed by atoms with Crippen LogP contribution in [0.25, 0.3) is 0 Å². The first-order valence-corrected chi connectivity index (χ1v) is 7.69. The SMILES string of the molecule is CCC1COC(C)CN1C(=O)N1CSCC1C(=O)O. The molecule has 0 bridgehead atoms. The first-order chi connectivity index (χ1) is 9.04. The van der Waals surface area contributed by atoms with Gasteiger partial charge in [-0.3, -0.25) is 0 Å². The van der Waals surface area contributed by atoms with Gasteiger partial charge in [0.15, 0.2) is 0 Å². The van der Waals surface area contributed by atoms with Crippen molar-refractivity contribution in [3.63, 3.8) is 0 Å². The van der Waals surface area contributed by atoms with Crippen LogP contribution in [0.5, 0.6) is 0 Å². The van der Waals surface area contributed by atoms with Crippen LogP contribution in [0.3, 0.4) is 0 Å². The van der Waals surface area contributed by atoms with E-state index in [0.29, 0.717) is 24.8 Å². The molecular weight excluding hydrogens is 268 g/mol. The number of carbonyl (C=O) groups is 2. The Kier molecular flexibility index (Phi) is 4.57. The second-order valence-corrected chi connectivity index (χ2v) is 5.96. The van der Waals surface area contributed by atoms with Gasteiger partial charge in [0.2, 0.25) is 0 Å². The minimum Gasteiger partial charge on any atom is -0.480 e. The van der Waals surface area contributed by atoms with Crippen LogP contribution in [0.2, 0.25) is 0 Å². The van der Waals surface area contributed by atoms with Gasteiger partial charge in [0, 0.05) is 12.3 Å². The third kappa shape index (κ3) is 2.97. The van der Waals surface area contributed by atoms with Crippen LogP contribution in [-0.2, 0) is 9.53 Å². The smallest absolute Gasteiger partial charge is 0.327 e. The van der Waals surface area contributed by atoms with Crippen molar-refractivity contribution in [3.8, 4) is 0 Å². The molecule has 0 aromatic heterocycles. The van der Waals surface area contributed by atoms with Crippen molar-refractivity contribution in [1.29, 1.82) is 0 Å². The Hall–Kier alpha value is -0.950. The monoisotopic (exact) mass is 288 g/mol. The maximum Gasteiger partial charge on any atom is 0.327 e. The van der Waals surface area contributed by atoms with E-state index < -0.39 is 12.0 Å². The molecule has 3 atom stereocenters. The Bertz CT molecular complexity index is 366. The molecule has 2 rings (SSSR count). The molecule has 3 unspecified atom stereocenters. The van der Waals surface area contributed by atoms with Gasteiger partial charge in [-0.05, 0) is 13.3 Å². The van der Waals surface area contributed by atoms with Gasteiger partial charge in [-0.15, -0.1) is 11.8 Å². The Morgan fingerprint density at radius 2 is 2.16 bits per heavy atom. The highest BCUT2D eigenvalue weighted by atomic mass is 32.2. The summed E-state index contributed by atoms with van der Waals surface area (Å²) in [5.41, 5.74) is 0. The molecule has 0 spiro atoms. The van der Waals surface area contributed by atoms with Gasteiger partial charge in [0.05, 0.1) is 24.6 Å². The van der Waals surface area contributed by atoms with Crippen LogP contribution in [0.15, 0.2) is 0 Å². The first-order valence-electron chi connectivity index (χ1n) is 6.54. The van der Waals surface area contributed by atoms with Gasteiger partial charge < -0.3 is 19.6 Å². The number of carboxylic acids is 1. The van der Waals surface area contributed by atoms with E-state index in [1.165, 1.54) is 16.7 Å². The normalized spacial score (nSPS) is 31.6. The quantitative estimate of drug-likeness (QED) is 0.823. The third-order valence-corrected chi connectivity index (χ3v) is 4.61. The van der Waals surface area contributed by atoms with Crippen molar-refractivity contribution in [2.24, 2.45) is 0 Å². The maximum atomic E-state index is 12.5. The predicted molar refractivity (Wildman–Crippen MR) is 72.2 cm³/mol. The summed E-state index contributed by atoms with van der Waals surface area (Å²) < 4.78 is 5.56. The third-order valence-electron chi connectivity index (χ3n) is 3.60. The summed E-state index contributed by atoms with van der Waals surface area (Å²) in [5.74, 6) is 0.00290. The molecule has 2 fully saturated rings. The summed E-state index contributed by atoms with van der Waals surface area (Å²) in [7, 11) is 0. The summed E-state index contributed by atoms with van der Waals surface area (Å²) in [4.78, 5) is 27.0. The van der Waals surface area contributed by atoms with E-state index in [0.717, 1.165) is 6.42 Å². The first kappa shape index (κ1) is 14.5. The Balaban J connectivity index is 2.10. The van der Waals surface area contributed by atoms with Gasteiger partial charge in [0.1, 0.15) is 6.04 Å². The fourth-order valence-corrected chi connectivity index (χ4v) is 3.56. The van der Waals surface area contributed by atoms with E-state index in [1.807, 2.05) is 13.8 Å². The van der Waals surface area contributed by atoms with E-state index in [1.54, 1.807) is 4.90 Å². The lowest BCUT2D eigenvalue weighted by Crippen LogP contribution is -2.57. The van der Waals surface area contributed by atoms with Crippen molar-refractivity contribution in [2.45, 2.75) is 38.5 Å². The molecule has 2 amide bonds. The van der Waals surface area contributed by atoms with Gasteiger partial charge in [-0.25, -0.2) is 9.59 Å². The molecule has 0 aromatic carbocycles. The summed E-state index contributed by atoms with van der Waals surface area (Å²) in [6, 6.07) is -0.823. The summed E-state index contributed by atoms with van der Waals surface area (Å²) in [5, 5.41) is 9.16. The molecule has 2 saturated heterocycles. The molecule has 6 nitrogen and oxygen atoms in total. The second-order valence-electron chi connectivity index (χ2n) is 4.96. The van der Waals surface area contributed by atoms with E-state index in [2.05, 4.69) is 0 Å². The zero-order valence-corrected chi connectivity index (χ0v) is 12.1. The van der Waals surface area contributed by atoms with E-state index in [9.17, 15) is 9.59 Å². The minimum absolute atomic E-state index is 0.00489. The molecule has 2 heterocycles. The molecule has 1 N–H and O–H groups in total. The van der Waals surface area contributed by atoms with Crippen molar-refractivity contribution in [3.05, 3.63) is 0 Å². The number of hydrogen-bond acceptors (Lipinski definition) is 4. The molecule has 0 radical (unpaired) electrons. The van der Waals surface area contributed by atoms with Gasteiger partial charge in [-0.2, -0.15) is 0 Å². The van der Waals surface area contributed by atoms with Crippen LogP contribution in [0, 0.1) is 0 Å². The lowest BCUT2D eigenvalue weighted by Gasteiger charge is -2.40. The van der Waals surface area contributed by atoms with Crippen LogP contribution < -0.4 is 0 Å². The highest BCUT2D eigenvalue weighted by molar-refractivity contribution is 7.99. The van der Waals surface area contributed by atoms with Gasteiger partial charge in [0.25, 0.3) is 0 Å². The summed E-state index contributed by atoms with van der Waals surface area (Å²) in [6.45, 7) is 5.00. The number of amides is 2. The number of thioether (sulfide) groups is 1. The molecule has 0 aromatic rings. The van der Waals surface area contributed by atoms with Crippen molar-refractivity contribution >= 4 is 23.8 Å². The van der Waals surface area contributed by atoms with Gasteiger partial charge in [-0.1, -0.05) is 6.92 Å². The molecular formula is C12H20N2O4S. The lowest BCUT2D eigenvalue weighted by molar-refractivity contribution is -0.141. The second kappa shape index (κ2) is 6.00. The molecule has 2 aliphatic rings. The Morgan fingerprint density at radius 3 is 2.79 bits per heavy atom. The summed E-state index contributed by atoms with van der Waals surface area (Å²) >= 11 is 1.49. The fourth-order valence-electron chi connectivity index (χ4n) is 2.42. The average molecular weight is 288 g/mol. The number of carbonyl (C=O) groups excluding carboxylic acids is 1. The number of morpholine rings is 1. The van der Waals surface area contributed by atoms with Gasteiger partial charge >= 0.3 is 12.0 Å². The van der Waals surface area contributed by atoms with Crippen LogP contribution in [0.4, 0.5) is 4.79 Å². The molecule has 2 aliphatic heterocycles. The summed E-state index contributed by atoms with van der Waals surface area (Å²) in [6.07, 6.45) is 0.822. The Labute approximate surface area is 117 Å². The number of ether oxygens (including phenoxy) is 1. The van der Waals surface area contributed by atoms with Crippen molar-refractivity contribution in [1.82, 2.24) is 9.80 Å². The van der Waals surface area contributed by atoms with Crippen LogP contribution >= 0.6 is 11.8 Å². The fraction of sp³-hybridized carbons (Fsp3) is 0.833. The molecule has 108 valence electrons. The van der Waals surface area contributed by atoms with Crippen molar-refractivity contribution in [2.75, 3.05) is 24.8 Å². The average Bonchev–Trinajstić information content (AvgIpc) is 2.87. The molecule has 7 heteroatoms. The lowest BCUT2D eigenvalue weighted by atomic mass is 10.1. The van der Waals surface area contributed by atoms with E-state index in [4.69, 9.17) is 9.84 Å². The zero-order valence-electron chi connectivity index (χ0n) is 11.2. The standard InChI is InChI=1S/C12H20N2O4S/c1-3-9-5-18-8(2)4-13(9)12(17)14-7-19-6-10(14)11(15)16/h8-10H,3-7H2,1-2H3,(H,15,16). The number of nitrogens with zero attached hydrogens (tertiary/aromatic N) is 2. The minimum atomic E-state index is -0.923. The highest BCUT2D eigenvalue weighted by Crippen LogP contribution is 2.25. The molecule has 0 saturated carbocycles. The number of urea groups is 1. The van der Waals surface area contributed by atoms with Crippen LogP contribution in [0.1, 0.15) is 20.3 Å². The number of hydrogen-bond donors (Lipinski definition) is 1. The highest BCUT2D eigenvalue weighted by Gasteiger charge is 2.40. The largest absolute Gasteiger partial charge is 0.480 e. The predicted octanol–water partition coefficient (Wildman–Crippen LogP) is 1.07. The number of aliphatic carboxylic acids is 1. The van der Waals surface area contributed by atoms with E-state index >= 15 is 0 Å². The Morgan fingerprint density at radius 1 is 1.42 bits per heavy atom. The maximum absolute atomic E-state index is 12.5. The molecule has 19 heavy (non-hydrogen) atoms. The van der Waals surface area contributed by atoms with E-state index in [-0.39, 0.29) is 18.2 Å². The number of rotatable bonds is 2. The topological polar surface area (TPSA) is 70.1 Å². The van der Waals surface area contributed by atoms with Crippen LogP contribution in [-0.4, -0.2) is 69.9 Å².